The molecule has 1 aliphatic heterocycles. The standard InChI is InChI=1S/C11H18N4O/c16-11(10-4-1-5-12-10)13-6-2-8-15-9-3-7-14-15/h3,7,9-10,12H,1-2,4-6,8H2,(H,13,16)/t10-/m1/s1. The molecule has 0 bridgehead atoms. The van der Waals surface area contributed by atoms with Gasteiger partial charge in [-0.1, -0.05) is 0 Å². The average molecular weight is 222 g/mol. The summed E-state index contributed by atoms with van der Waals surface area (Å²) in [6, 6.07) is 1.94. The SMILES string of the molecule is O=C(NCCCn1cccn1)[C@H]1CCCN1. The second-order valence-electron chi connectivity index (χ2n) is 4.06. The predicted molar refractivity (Wildman–Crippen MR) is 60.9 cm³/mol. The van der Waals surface area contributed by atoms with Crippen LogP contribution in [0.4, 0.5) is 0 Å². The largest absolute Gasteiger partial charge is 0.355 e. The van der Waals surface area contributed by atoms with Gasteiger partial charge in [-0.2, -0.15) is 5.10 Å². The Morgan fingerprint density at radius 3 is 3.25 bits per heavy atom. The fourth-order valence-electron chi connectivity index (χ4n) is 1.92. The molecule has 0 aromatic carbocycles. The van der Waals surface area contributed by atoms with Crippen molar-refractivity contribution in [3.63, 3.8) is 0 Å². The zero-order valence-electron chi connectivity index (χ0n) is 9.35. The van der Waals surface area contributed by atoms with Crippen LogP contribution in [0.3, 0.4) is 0 Å². The molecule has 1 amide bonds. The molecule has 16 heavy (non-hydrogen) atoms. The van der Waals surface area contributed by atoms with Crippen LogP contribution >= 0.6 is 0 Å². The summed E-state index contributed by atoms with van der Waals surface area (Å²) < 4.78 is 1.87. The van der Waals surface area contributed by atoms with Crippen molar-refractivity contribution in [3.05, 3.63) is 18.5 Å². The zero-order valence-corrected chi connectivity index (χ0v) is 9.35. The Morgan fingerprint density at radius 2 is 2.56 bits per heavy atom. The van der Waals surface area contributed by atoms with E-state index in [1.165, 1.54) is 0 Å². The van der Waals surface area contributed by atoms with Gasteiger partial charge in [0, 0.05) is 25.5 Å². The number of carbonyl (C=O) groups is 1. The average Bonchev–Trinajstić information content (AvgIpc) is 2.96. The smallest absolute Gasteiger partial charge is 0.237 e. The Hall–Kier alpha value is -1.36. The van der Waals surface area contributed by atoms with E-state index in [1.807, 2.05) is 16.9 Å². The first-order valence-electron chi connectivity index (χ1n) is 5.85. The normalized spacial score (nSPS) is 19.9. The first-order chi connectivity index (χ1) is 7.86. The lowest BCUT2D eigenvalue weighted by Gasteiger charge is -2.10. The number of amides is 1. The van der Waals surface area contributed by atoms with E-state index in [0.717, 1.165) is 38.9 Å². The molecule has 1 aliphatic rings. The Morgan fingerprint density at radius 1 is 1.62 bits per heavy atom. The third-order valence-electron chi connectivity index (χ3n) is 2.80. The maximum absolute atomic E-state index is 11.6. The lowest BCUT2D eigenvalue weighted by molar-refractivity contribution is -0.122. The van der Waals surface area contributed by atoms with E-state index in [-0.39, 0.29) is 11.9 Å². The fraction of sp³-hybridized carbons (Fsp3) is 0.636. The molecule has 5 nitrogen and oxygen atoms in total. The second kappa shape index (κ2) is 5.65. The Labute approximate surface area is 95.2 Å². The van der Waals surface area contributed by atoms with Gasteiger partial charge in [-0.25, -0.2) is 0 Å². The highest BCUT2D eigenvalue weighted by Crippen LogP contribution is 2.04. The van der Waals surface area contributed by atoms with Gasteiger partial charge in [-0.3, -0.25) is 9.48 Å². The molecule has 2 N–H and O–H groups in total. The van der Waals surface area contributed by atoms with Crippen molar-refractivity contribution in [2.75, 3.05) is 13.1 Å². The third-order valence-corrected chi connectivity index (χ3v) is 2.80. The van der Waals surface area contributed by atoms with Gasteiger partial charge < -0.3 is 10.6 Å². The van der Waals surface area contributed by atoms with Crippen molar-refractivity contribution in [2.24, 2.45) is 0 Å². The minimum absolute atomic E-state index is 0.0321. The van der Waals surface area contributed by atoms with Crippen LogP contribution < -0.4 is 10.6 Å². The number of hydrogen-bond donors (Lipinski definition) is 2. The van der Waals surface area contributed by atoms with E-state index >= 15 is 0 Å². The van der Waals surface area contributed by atoms with Crippen LogP contribution in [0.15, 0.2) is 18.5 Å². The van der Waals surface area contributed by atoms with E-state index in [1.54, 1.807) is 6.20 Å². The molecule has 0 saturated carbocycles. The molecule has 0 radical (unpaired) electrons. The molecule has 2 heterocycles. The molecule has 1 aromatic heterocycles. The van der Waals surface area contributed by atoms with Crippen molar-refractivity contribution in [1.82, 2.24) is 20.4 Å². The van der Waals surface area contributed by atoms with Gasteiger partial charge >= 0.3 is 0 Å². The van der Waals surface area contributed by atoms with Crippen molar-refractivity contribution >= 4 is 5.91 Å². The number of hydrogen-bond acceptors (Lipinski definition) is 3. The maximum Gasteiger partial charge on any atom is 0.237 e. The van der Waals surface area contributed by atoms with Crippen LogP contribution in [-0.2, 0) is 11.3 Å². The van der Waals surface area contributed by atoms with Crippen LogP contribution in [0.25, 0.3) is 0 Å². The minimum Gasteiger partial charge on any atom is -0.355 e. The molecule has 1 aromatic rings. The van der Waals surface area contributed by atoms with Crippen molar-refractivity contribution in [2.45, 2.75) is 31.8 Å². The van der Waals surface area contributed by atoms with E-state index in [4.69, 9.17) is 0 Å². The Balaban J connectivity index is 1.59. The van der Waals surface area contributed by atoms with Gasteiger partial charge in [0.1, 0.15) is 0 Å². The number of nitrogens with zero attached hydrogens (tertiary/aromatic N) is 2. The topological polar surface area (TPSA) is 59.0 Å². The molecule has 1 fully saturated rings. The lowest BCUT2D eigenvalue weighted by Crippen LogP contribution is -2.40. The van der Waals surface area contributed by atoms with E-state index < -0.39 is 0 Å². The van der Waals surface area contributed by atoms with Crippen LogP contribution in [0.1, 0.15) is 19.3 Å². The first kappa shape index (κ1) is 11.1. The fourth-order valence-corrected chi connectivity index (χ4v) is 1.92. The third kappa shape index (κ3) is 3.06. The molecule has 0 unspecified atom stereocenters. The lowest BCUT2D eigenvalue weighted by atomic mass is 10.2. The molecule has 88 valence electrons. The van der Waals surface area contributed by atoms with Gasteiger partial charge in [0.25, 0.3) is 0 Å². The number of aromatic nitrogens is 2. The summed E-state index contributed by atoms with van der Waals surface area (Å²) in [5.74, 6) is 0.137. The summed E-state index contributed by atoms with van der Waals surface area (Å²) in [5.41, 5.74) is 0. The van der Waals surface area contributed by atoms with E-state index in [2.05, 4.69) is 15.7 Å². The van der Waals surface area contributed by atoms with E-state index in [9.17, 15) is 4.79 Å². The van der Waals surface area contributed by atoms with Crippen LogP contribution in [-0.4, -0.2) is 34.8 Å². The number of rotatable bonds is 5. The summed E-state index contributed by atoms with van der Waals surface area (Å²) in [6.07, 6.45) is 6.68. The highest BCUT2D eigenvalue weighted by molar-refractivity contribution is 5.81. The van der Waals surface area contributed by atoms with Crippen molar-refractivity contribution in [1.29, 1.82) is 0 Å². The van der Waals surface area contributed by atoms with Gasteiger partial charge in [-0.15, -0.1) is 0 Å². The highest BCUT2D eigenvalue weighted by Gasteiger charge is 2.20. The summed E-state index contributed by atoms with van der Waals surface area (Å²) >= 11 is 0. The monoisotopic (exact) mass is 222 g/mol. The summed E-state index contributed by atoms with van der Waals surface area (Å²) in [7, 11) is 0. The molecule has 0 aliphatic carbocycles. The first-order valence-corrected chi connectivity index (χ1v) is 5.85. The highest BCUT2D eigenvalue weighted by atomic mass is 16.2. The van der Waals surface area contributed by atoms with Crippen LogP contribution in [0, 0.1) is 0 Å². The minimum atomic E-state index is 0.0321. The molecule has 1 saturated heterocycles. The Bertz CT molecular complexity index is 317. The van der Waals surface area contributed by atoms with Crippen molar-refractivity contribution in [3.8, 4) is 0 Å². The molecule has 1 atom stereocenters. The van der Waals surface area contributed by atoms with Gasteiger partial charge in [0.05, 0.1) is 6.04 Å². The predicted octanol–water partition coefficient (Wildman–Crippen LogP) is 0.141. The zero-order chi connectivity index (χ0) is 11.2. The van der Waals surface area contributed by atoms with Gasteiger partial charge in [0.2, 0.25) is 5.91 Å². The summed E-state index contributed by atoms with van der Waals surface area (Å²) in [5, 5.41) is 10.2. The van der Waals surface area contributed by atoms with Crippen LogP contribution in [0.2, 0.25) is 0 Å². The maximum atomic E-state index is 11.6. The summed E-state index contributed by atoms with van der Waals surface area (Å²) in [4.78, 5) is 11.6. The number of aryl methyl sites for hydroxylation is 1. The van der Waals surface area contributed by atoms with Crippen LogP contribution in [0.5, 0.6) is 0 Å². The molecule has 0 spiro atoms. The molecule has 5 heteroatoms. The van der Waals surface area contributed by atoms with Crippen molar-refractivity contribution < 1.29 is 4.79 Å². The van der Waals surface area contributed by atoms with Gasteiger partial charge in [0.15, 0.2) is 0 Å². The molecular weight excluding hydrogens is 204 g/mol. The quantitative estimate of drug-likeness (QED) is 0.697. The van der Waals surface area contributed by atoms with Gasteiger partial charge in [-0.05, 0) is 31.9 Å². The molecular formula is C11H18N4O. The summed E-state index contributed by atoms with van der Waals surface area (Å²) in [6.45, 7) is 2.54. The second-order valence-corrected chi connectivity index (χ2v) is 4.06. The van der Waals surface area contributed by atoms with E-state index in [0.29, 0.717) is 0 Å². The number of nitrogens with one attached hydrogen (secondary N) is 2. The Kier molecular flexibility index (Phi) is 3.93. The molecule has 2 rings (SSSR count). The number of carbonyl (C=O) groups excluding carboxylic acids is 1.